The maximum Gasteiger partial charge on any atom is 0.287 e. The van der Waals surface area contributed by atoms with Crippen LogP contribution in [0.1, 0.15) is 36.2 Å². The van der Waals surface area contributed by atoms with Crippen LogP contribution in [0.2, 0.25) is 0 Å². The van der Waals surface area contributed by atoms with Gasteiger partial charge in [0.25, 0.3) is 5.91 Å². The molecule has 0 unspecified atom stereocenters. The molecule has 1 saturated carbocycles. The number of para-hydroxylation sites is 1. The smallest absolute Gasteiger partial charge is 0.287 e. The number of carbonyl (C=O) groups excluding carboxylic acids is 1. The van der Waals surface area contributed by atoms with E-state index in [9.17, 15) is 4.79 Å². The lowest BCUT2D eigenvalue weighted by molar-refractivity contribution is -0.0512. The maximum atomic E-state index is 12.3. The van der Waals surface area contributed by atoms with Gasteiger partial charge in [0.15, 0.2) is 5.76 Å². The van der Waals surface area contributed by atoms with E-state index in [-0.39, 0.29) is 18.1 Å². The van der Waals surface area contributed by atoms with E-state index >= 15 is 0 Å². The Labute approximate surface area is 129 Å². The summed E-state index contributed by atoms with van der Waals surface area (Å²) in [6, 6.07) is 9.30. The first kappa shape index (κ1) is 15.1. The molecular weight excluding hydrogens is 282 g/mol. The molecule has 0 saturated heterocycles. The molecule has 0 spiro atoms. The number of ether oxygens (including phenoxy) is 1. The highest BCUT2D eigenvalue weighted by molar-refractivity contribution is 5.96. The molecular formula is C17H21NO4. The zero-order valence-corrected chi connectivity index (χ0v) is 12.5. The van der Waals surface area contributed by atoms with Crippen LogP contribution in [0.4, 0.5) is 0 Å². The second-order valence-electron chi connectivity index (χ2n) is 5.79. The van der Waals surface area contributed by atoms with Gasteiger partial charge in [-0.25, -0.2) is 0 Å². The molecule has 1 aromatic heterocycles. The van der Waals surface area contributed by atoms with Crippen molar-refractivity contribution < 1.29 is 19.1 Å². The van der Waals surface area contributed by atoms with Gasteiger partial charge in [-0.3, -0.25) is 4.79 Å². The summed E-state index contributed by atoms with van der Waals surface area (Å²) in [5, 5.41) is 12.8. The molecule has 1 fully saturated rings. The van der Waals surface area contributed by atoms with Crippen molar-refractivity contribution in [1.82, 2.24) is 5.32 Å². The van der Waals surface area contributed by atoms with E-state index in [4.69, 9.17) is 14.3 Å². The molecule has 2 N–H and O–H groups in total. The molecule has 3 rings (SSSR count). The fraction of sp³-hybridized carbons (Fsp3) is 0.471. The van der Waals surface area contributed by atoms with Gasteiger partial charge in [0.2, 0.25) is 0 Å². The summed E-state index contributed by atoms with van der Waals surface area (Å²) in [6.45, 7) is 0.753. The Morgan fingerprint density at radius 2 is 2.09 bits per heavy atom. The van der Waals surface area contributed by atoms with Gasteiger partial charge in [-0.2, -0.15) is 0 Å². The number of hydrogen-bond donors (Lipinski definition) is 2. The van der Waals surface area contributed by atoms with E-state index in [1.54, 1.807) is 6.07 Å². The van der Waals surface area contributed by atoms with Crippen LogP contribution in [0.25, 0.3) is 11.0 Å². The number of carbonyl (C=O) groups is 1. The molecule has 2 aromatic rings. The lowest BCUT2D eigenvalue weighted by Crippen LogP contribution is -2.43. The van der Waals surface area contributed by atoms with Gasteiger partial charge in [-0.15, -0.1) is 0 Å². The Morgan fingerprint density at radius 3 is 2.82 bits per heavy atom. The molecule has 1 amide bonds. The third-order valence-electron chi connectivity index (χ3n) is 4.23. The number of aliphatic hydroxyl groups excluding tert-OH is 1. The Hall–Kier alpha value is -1.85. The van der Waals surface area contributed by atoms with Gasteiger partial charge >= 0.3 is 0 Å². The molecule has 1 aliphatic carbocycles. The van der Waals surface area contributed by atoms with Crippen LogP contribution < -0.4 is 5.32 Å². The van der Waals surface area contributed by atoms with E-state index in [2.05, 4.69) is 5.32 Å². The second-order valence-corrected chi connectivity index (χ2v) is 5.79. The van der Waals surface area contributed by atoms with Crippen molar-refractivity contribution >= 4 is 16.9 Å². The second kappa shape index (κ2) is 6.50. The highest BCUT2D eigenvalue weighted by atomic mass is 16.5. The Morgan fingerprint density at radius 1 is 1.32 bits per heavy atom. The number of nitrogens with one attached hydrogen (secondary N) is 1. The first-order chi connectivity index (χ1) is 10.7. The molecule has 0 atom stereocenters. The predicted molar refractivity (Wildman–Crippen MR) is 82.8 cm³/mol. The van der Waals surface area contributed by atoms with Gasteiger partial charge in [-0.1, -0.05) is 31.0 Å². The molecule has 0 aliphatic heterocycles. The van der Waals surface area contributed by atoms with E-state index in [1.807, 2.05) is 24.3 Å². The highest BCUT2D eigenvalue weighted by Gasteiger charge is 2.35. The number of aliphatic hydroxyl groups is 1. The summed E-state index contributed by atoms with van der Waals surface area (Å²) in [5.41, 5.74) is 0.365. The lowest BCUT2D eigenvalue weighted by atomic mass is 10.0. The Bertz CT molecular complexity index is 610. The van der Waals surface area contributed by atoms with Crippen molar-refractivity contribution in [3.63, 3.8) is 0 Å². The number of rotatable bonds is 6. The van der Waals surface area contributed by atoms with Crippen molar-refractivity contribution in [2.24, 2.45) is 0 Å². The van der Waals surface area contributed by atoms with Crippen LogP contribution in [-0.4, -0.2) is 36.4 Å². The van der Waals surface area contributed by atoms with Crippen LogP contribution in [0, 0.1) is 0 Å². The quantitative estimate of drug-likeness (QED) is 0.860. The molecule has 1 heterocycles. The summed E-state index contributed by atoms with van der Waals surface area (Å²) in [7, 11) is 0. The van der Waals surface area contributed by atoms with E-state index in [0.717, 1.165) is 31.1 Å². The predicted octanol–water partition coefficient (Wildman–Crippen LogP) is 2.48. The standard InChI is InChI=1S/C17H21NO4/c19-9-10-21-17(7-3-4-8-17)12-18-16(20)15-11-13-5-1-2-6-14(13)22-15/h1-2,5-6,11,19H,3-4,7-10,12H2,(H,18,20). The number of furan rings is 1. The van der Waals surface area contributed by atoms with Gasteiger partial charge in [0.1, 0.15) is 5.58 Å². The summed E-state index contributed by atoms with van der Waals surface area (Å²) >= 11 is 0. The third-order valence-corrected chi connectivity index (χ3v) is 4.23. The average molecular weight is 303 g/mol. The van der Waals surface area contributed by atoms with Crippen LogP contribution in [-0.2, 0) is 4.74 Å². The zero-order valence-electron chi connectivity index (χ0n) is 12.5. The topological polar surface area (TPSA) is 71.7 Å². The van der Waals surface area contributed by atoms with Gasteiger partial charge in [0.05, 0.1) is 18.8 Å². The molecule has 22 heavy (non-hydrogen) atoms. The molecule has 1 aromatic carbocycles. The highest BCUT2D eigenvalue weighted by Crippen LogP contribution is 2.32. The van der Waals surface area contributed by atoms with Gasteiger partial charge < -0.3 is 19.6 Å². The third kappa shape index (κ3) is 3.15. The SMILES string of the molecule is O=C(NCC1(OCCO)CCCC1)c1cc2ccccc2o1. The minimum Gasteiger partial charge on any atom is -0.451 e. The number of fused-ring (bicyclic) bond motifs is 1. The van der Waals surface area contributed by atoms with Crippen LogP contribution >= 0.6 is 0 Å². The van der Waals surface area contributed by atoms with E-state index in [1.165, 1.54) is 0 Å². The first-order valence-electron chi connectivity index (χ1n) is 7.74. The van der Waals surface area contributed by atoms with Crippen molar-refractivity contribution in [1.29, 1.82) is 0 Å². The molecule has 5 heteroatoms. The summed E-state index contributed by atoms with van der Waals surface area (Å²) in [5.74, 6) is 0.0894. The molecule has 5 nitrogen and oxygen atoms in total. The monoisotopic (exact) mass is 303 g/mol. The fourth-order valence-corrected chi connectivity index (χ4v) is 3.08. The molecule has 118 valence electrons. The summed E-state index contributed by atoms with van der Waals surface area (Å²) < 4.78 is 11.4. The summed E-state index contributed by atoms with van der Waals surface area (Å²) in [6.07, 6.45) is 4.00. The Balaban J connectivity index is 1.65. The maximum absolute atomic E-state index is 12.3. The van der Waals surface area contributed by atoms with Crippen molar-refractivity contribution in [3.05, 3.63) is 36.1 Å². The van der Waals surface area contributed by atoms with Gasteiger partial charge in [-0.05, 0) is 25.0 Å². The lowest BCUT2D eigenvalue weighted by Gasteiger charge is -2.29. The molecule has 0 bridgehead atoms. The van der Waals surface area contributed by atoms with Crippen molar-refractivity contribution in [2.75, 3.05) is 19.8 Å². The van der Waals surface area contributed by atoms with Crippen LogP contribution in [0.15, 0.2) is 34.7 Å². The van der Waals surface area contributed by atoms with Crippen molar-refractivity contribution in [2.45, 2.75) is 31.3 Å². The number of benzene rings is 1. The summed E-state index contributed by atoms with van der Waals surface area (Å²) in [4.78, 5) is 12.3. The fourth-order valence-electron chi connectivity index (χ4n) is 3.08. The minimum absolute atomic E-state index is 0.000724. The zero-order chi connectivity index (χ0) is 15.4. The normalized spacial score (nSPS) is 17.0. The molecule has 1 aliphatic rings. The Kier molecular flexibility index (Phi) is 4.45. The first-order valence-corrected chi connectivity index (χ1v) is 7.74. The largest absolute Gasteiger partial charge is 0.451 e. The van der Waals surface area contributed by atoms with Crippen LogP contribution in [0.3, 0.4) is 0 Å². The molecule has 0 radical (unpaired) electrons. The number of amides is 1. The van der Waals surface area contributed by atoms with Crippen LogP contribution in [0.5, 0.6) is 0 Å². The van der Waals surface area contributed by atoms with E-state index < -0.39 is 0 Å². The van der Waals surface area contributed by atoms with Crippen molar-refractivity contribution in [3.8, 4) is 0 Å². The van der Waals surface area contributed by atoms with E-state index in [0.29, 0.717) is 24.5 Å². The van der Waals surface area contributed by atoms with Gasteiger partial charge in [0, 0.05) is 11.9 Å². The average Bonchev–Trinajstić information content (AvgIpc) is 3.18. The minimum atomic E-state index is -0.343. The number of hydrogen-bond acceptors (Lipinski definition) is 4.